The highest BCUT2D eigenvalue weighted by Crippen LogP contribution is 2.34. The van der Waals surface area contributed by atoms with Crippen LogP contribution in [0.1, 0.15) is 21.9 Å². The number of rotatable bonds is 3. The van der Waals surface area contributed by atoms with Crippen LogP contribution in [0.3, 0.4) is 0 Å². The summed E-state index contributed by atoms with van der Waals surface area (Å²) in [5.74, 6) is 1.43. The largest absolute Gasteiger partial charge is 0.457 e. The van der Waals surface area contributed by atoms with Crippen LogP contribution in [0.5, 0.6) is 0 Å². The van der Waals surface area contributed by atoms with Gasteiger partial charge in [0.25, 0.3) is 0 Å². The van der Waals surface area contributed by atoms with Crippen molar-refractivity contribution in [3.8, 4) is 11.3 Å². The molecule has 0 spiro atoms. The van der Waals surface area contributed by atoms with Crippen molar-refractivity contribution in [2.75, 3.05) is 0 Å². The van der Waals surface area contributed by atoms with Gasteiger partial charge in [-0.25, -0.2) is 4.98 Å². The van der Waals surface area contributed by atoms with Gasteiger partial charge in [-0.05, 0) is 73.5 Å². The van der Waals surface area contributed by atoms with E-state index in [1.165, 1.54) is 15.8 Å². The summed E-state index contributed by atoms with van der Waals surface area (Å²) in [6.45, 7) is 4.23. The van der Waals surface area contributed by atoms with E-state index < -0.39 is 0 Å². The molecule has 0 saturated heterocycles. The lowest BCUT2D eigenvalue weighted by Crippen LogP contribution is -1.79. The Morgan fingerprint density at radius 2 is 1.81 bits per heavy atom. The first kappa shape index (κ1) is 17.3. The molecule has 0 N–H and O–H groups in total. The van der Waals surface area contributed by atoms with Crippen molar-refractivity contribution >= 4 is 56.9 Å². The monoisotopic (exact) mass is 399 g/mol. The highest BCUT2D eigenvalue weighted by atomic mass is 35.5. The summed E-state index contributed by atoms with van der Waals surface area (Å²) in [5.41, 5.74) is 4.35. The molecule has 0 atom stereocenters. The molecule has 4 rings (SSSR count). The van der Waals surface area contributed by atoms with Crippen LogP contribution >= 0.6 is 34.5 Å². The van der Waals surface area contributed by atoms with Crippen molar-refractivity contribution in [1.82, 2.24) is 4.98 Å². The van der Waals surface area contributed by atoms with Crippen LogP contribution in [0, 0.1) is 13.8 Å². The second kappa shape index (κ2) is 6.92. The Balaban J connectivity index is 1.62. The lowest BCUT2D eigenvalue weighted by atomic mass is 10.1. The molecule has 26 heavy (non-hydrogen) atoms. The molecule has 2 aromatic heterocycles. The van der Waals surface area contributed by atoms with Crippen LogP contribution in [0.2, 0.25) is 10.0 Å². The van der Waals surface area contributed by atoms with E-state index in [1.54, 1.807) is 17.4 Å². The molecule has 0 aliphatic rings. The van der Waals surface area contributed by atoms with Crippen LogP contribution in [0.25, 0.3) is 33.7 Å². The molecular weight excluding hydrogens is 385 g/mol. The number of hydrogen-bond donors (Lipinski definition) is 0. The first-order valence-electron chi connectivity index (χ1n) is 8.11. The van der Waals surface area contributed by atoms with Gasteiger partial charge in [0.15, 0.2) is 0 Å². The van der Waals surface area contributed by atoms with Crippen LogP contribution in [-0.4, -0.2) is 4.98 Å². The number of hydrogen-bond acceptors (Lipinski definition) is 3. The van der Waals surface area contributed by atoms with Gasteiger partial charge in [0, 0.05) is 5.56 Å². The smallest absolute Gasteiger partial charge is 0.136 e. The molecule has 0 amide bonds. The number of halogens is 2. The molecule has 130 valence electrons. The Labute approximate surface area is 165 Å². The second-order valence-corrected chi connectivity index (χ2v) is 7.94. The summed E-state index contributed by atoms with van der Waals surface area (Å²) >= 11 is 14.0. The SMILES string of the molecule is Cc1cc2nc(C=Cc3ccc(-c4cccc(Cl)c4Cl)o3)sc2cc1C. The quantitative estimate of drug-likeness (QED) is 0.353. The third-order valence-electron chi connectivity index (χ3n) is 4.25. The fourth-order valence-electron chi connectivity index (χ4n) is 2.70. The van der Waals surface area contributed by atoms with Gasteiger partial charge in [-0.15, -0.1) is 11.3 Å². The van der Waals surface area contributed by atoms with Crippen molar-refractivity contribution in [2.45, 2.75) is 13.8 Å². The summed E-state index contributed by atoms with van der Waals surface area (Å²) in [5, 5.41) is 1.96. The van der Waals surface area contributed by atoms with E-state index in [0.29, 0.717) is 15.8 Å². The van der Waals surface area contributed by atoms with Crippen molar-refractivity contribution in [1.29, 1.82) is 0 Å². The van der Waals surface area contributed by atoms with Gasteiger partial charge in [0.05, 0.1) is 20.3 Å². The number of thiazole rings is 1. The molecule has 0 radical (unpaired) electrons. The molecule has 2 aromatic carbocycles. The lowest BCUT2D eigenvalue weighted by molar-refractivity contribution is 0.572. The summed E-state index contributed by atoms with van der Waals surface area (Å²) < 4.78 is 7.08. The molecule has 2 heterocycles. The van der Waals surface area contributed by atoms with Crippen molar-refractivity contribution in [2.24, 2.45) is 0 Å². The molecule has 0 fully saturated rings. The highest BCUT2D eigenvalue weighted by molar-refractivity contribution is 7.19. The fourth-order valence-corrected chi connectivity index (χ4v) is 4.05. The average Bonchev–Trinajstić information content (AvgIpc) is 3.22. The van der Waals surface area contributed by atoms with E-state index in [9.17, 15) is 0 Å². The van der Waals surface area contributed by atoms with E-state index in [0.717, 1.165) is 21.8 Å². The Kier molecular flexibility index (Phi) is 4.62. The van der Waals surface area contributed by atoms with E-state index >= 15 is 0 Å². The number of benzene rings is 2. The van der Waals surface area contributed by atoms with Crippen LogP contribution in [0.15, 0.2) is 46.9 Å². The molecule has 0 aliphatic heterocycles. The van der Waals surface area contributed by atoms with Crippen LogP contribution in [-0.2, 0) is 0 Å². The van der Waals surface area contributed by atoms with Gasteiger partial charge in [-0.3, -0.25) is 0 Å². The van der Waals surface area contributed by atoms with Gasteiger partial charge in [0.1, 0.15) is 16.5 Å². The molecule has 4 aromatic rings. The molecule has 0 bridgehead atoms. The maximum absolute atomic E-state index is 6.26. The number of fused-ring (bicyclic) bond motifs is 1. The van der Waals surface area contributed by atoms with Crippen LogP contribution in [0.4, 0.5) is 0 Å². The van der Waals surface area contributed by atoms with Gasteiger partial charge in [-0.2, -0.15) is 0 Å². The first-order chi connectivity index (χ1) is 12.5. The Bertz CT molecular complexity index is 1100. The second-order valence-electron chi connectivity index (χ2n) is 6.09. The molecule has 2 nitrogen and oxygen atoms in total. The summed E-state index contributed by atoms with van der Waals surface area (Å²) in [6.07, 6.45) is 3.89. The van der Waals surface area contributed by atoms with Crippen molar-refractivity contribution in [3.05, 3.63) is 74.4 Å². The maximum Gasteiger partial charge on any atom is 0.136 e. The van der Waals surface area contributed by atoms with E-state index in [-0.39, 0.29) is 0 Å². The lowest BCUT2D eigenvalue weighted by Gasteiger charge is -2.01. The molecule has 0 aliphatic carbocycles. The van der Waals surface area contributed by atoms with Crippen molar-refractivity contribution in [3.63, 3.8) is 0 Å². The Morgan fingerprint density at radius 3 is 2.65 bits per heavy atom. The summed E-state index contributed by atoms with van der Waals surface area (Å²) in [7, 11) is 0. The fraction of sp³-hybridized carbons (Fsp3) is 0.0952. The third-order valence-corrected chi connectivity index (χ3v) is 6.06. The molecule has 0 saturated carbocycles. The minimum Gasteiger partial charge on any atom is -0.457 e. The third kappa shape index (κ3) is 3.30. The topological polar surface area (TPSA) is 26.0 Å². The predicted octanol–water partition coefficient (Wildman–Crippen LogP) is 7.65. The Hall–Kier alpha value is -2.07. The number of furan rings is 1. The number of nitrogens with zero attached hydrogens (tertiary/aromatic N) is 1. The average molecular weight is 400 g/mol. The van der Waals surface area contributed by atoms with Crippen molar-refractivity contribution < 1.29 is 4.42 Å². The van der Waals surface area contributed by atoms with E-state index in [4.69, 9.17) is 27.6 Å². The molecule has 5 heteroatoms. The van der Waals surface area contributed by atoms with Gasteiger partial charge in [-0.1, -0.05) is 29.3 Å². The zero-order valence-corrected chi connectivity index (χ0v) is 16.5. The van der Waals surface area contributed by atoms with Gasteiger partial charge in [0.2, 0.25) is 0 Å². The van der Waals surface area contributed by atoms with Gasteiger partial charge < -0.3 is 4.42 Å². The Morgan fingerprint density at radius 1 is 1.00 bits per heavy atom. The minimum atomic E-state index is 0.496. The zero-order chi connectivity index (χ0) is 18.3. The number of aryl methyl sites for hydroxylation is 2. The maximum atomic E-state index is 6.26. The predicted molar refractivity (Wildman–Crippen MR) is 112 cm³/mol. The van der Waals surface area contributed by atoms with Crippen LogP contribution < -0.4 is 0 Å². The molecular formula is C21H15Cl2NOS. The molecule has 0 unspecified atom stereocenters. The summed E-state index contributed by atoms with van der Waals surface area (Å²) in [4.78, 5) is 4.67. The zero-order valence-electron chi connectivity index (χ0n) is 14.2. The van der Waals surface area contributed by atoms with Gasteiger partial charge >= 0.3 is 0 Å². The number of aromatic nitrogens is 1. The van der Waals surface area contributed by atoms with E-state index in [2.05, 4.69) is 31.0 Å². The highest BCUT2D eigenvalue weighted by Gasteiger charge is 2.10. The normalized spacial score (nSPS) is 11.7. The minimum absolute atomic E-state index is 0.496. The standard InChI is InChI=1S/C21H15Cl2NOS/c1-12-10-17-19(11-13(12)2)26-20(24-17)9-7-14-6-8-18(25-14)15-4-3-5-16(22)21(15)23/h3-11H,1-2H3. The summed E-state index contributed by atoms with van der Waals surface area (Å²) in [6, 6.07) is 13.6. The first-order valence-corrected chi connectivity index (χ1v) is 9.68. The van der Waals surface area contributed by atoms with E-state index in [1.807, 2.05) is 36.4 Å².